The van der Waals surface area contributed by atoms with Crippen molar-refractivity contribution in [3.8, 4) is 0 Å². The summed E-state index contributed by atoms with van der Waals surface area (Å²) in [4.78, 5) is 11.9. The smallest absolute Gasteiger partial charge is 0.252 e. The van der Waals surface area contributed by atoms with Crippen LogP contribution < -0.4 is 10.6 Å². The van der Waals surface area contributed by atoms with Crippen molar-refractivity contribution in [2.75, 3.05) is 19.6 Å². The van der Waals surface area contributed by atoms with Crippen LogP contribution in [0.1, 0.15) is 29.3 Å². The summed E-state index contributed by atoms with van der Waals surface area (Å²) in [6.45, 7) is 6.66. The molecule has 0 atom stereocenters. The van der Waals surface area contributed by atoms with Crippen molar-refractivity contribution >= 4 is 21.8 Å². The van der Waals surface area contributed by atoms with Gasteiger partial charge in [0.2, 0.25) is 0 Å². The molecule has 1 aromatic rings. The van der Waals surface area contributed by atoms with Gasteiger partial charge < -0.3 is 10.6 Å². The minimum absolute atomic E-state index is 0.0166. The van der Waals surface area contributed by atoms with E-state index in [1.54, 1.807) is 0 Å². The van der Waals surface area contributed by atoms with E-state index < -0.39 is 0 Å². The molecule has 1 rings (SSSR count). The number of hydrogen-bond donors (Lipinski definition) is 2. The molecule has 17 heavy (non-hydrogen) atoms. The van der Waals surface area contributed by atoms with Gasteiger partial charge in [-0.2, -0.15) is 0 Å². The first-order valence-corrected chi connectivity index (χ1v) is 6.70. The minimum Gasteiger partial charge on any atom is -0.352 e. The highest BCUT2D eigenvalue weighted by Crippen LogP contribution is 2.20. The largest absolute Gasteiger partial charge is 0.352 e. The lowest BCUT2D eigenvalue weighted by Gasteiger charge is -2.08. The summed E-state index contributed by atoms with van der Waals surface area (Å²) in [5.74, 6) is -0.0166. The summed E-state index contributed by atoms with van der Waals surface area (Å²) in [5.41, 5.74) is 1.78. The number of carbonyl (C=O) groups is 1. The van der Waals surface area contributed by atoms with Gasteiger partial charge in [0.25, 0.3) is 5.91 Å². The van der Waals surface area contributed by atoms with Crippen molar-refractivity contribution < 1.29 is 4.79 Å². The molecule has 0 aromatic heterocycles. The SMILES string of the molecule is CCNCCCNC(=O)c1cccc(C)c1Br. The van der Waals surface area contributed by atoms with E-state index in [1.807, 2.05) is 25.1 Å². The zero-order valence-electron chi connectivity index (χ0n) is 10.3. The Kier molecular flexibility index (Phi) is 6.22. The van der Waals surface area contributed by atoms with Crippen molar-refractivity contribution in [3.05, 3.63) is 33.8 Å². The van der Waals surface area contributed by atoms with Crippen molar-refractivity contribution in [3.63, 3.8) is 0 Å². The van der Waals surface area contributed by atoms with E-state index in [2.05, 4.69) is 33.5 Å². The molecule has 0 saturated heterocycles. The fourth-order valence-corrected chi connectivity index (χ4v) is 1.95. The van der Waals surface area contributed by atoms with Crippen molar-refractivity contribution in [1.29, 1.82) is 0 Å². The number of hydrogen-bond acceptors (Lipinski definition) is 2. The van der Waals surface area contributed by atoms with Crippen LogP contribution in [0, 0.1) is 6.92 Å². The van der Waals surface area contributed by atoms with Crippen molar-refractivity contribution in [2.24, 2.45) is 0 Å². The topological polar surface area (TPSA) is 41.1 Å². The van der Waals surface area contributed by atoms with Gasteiger partial charge in [0.15, 0.2) is 0 Å². The average molecular weight is 299 g/mol. The molecule has 0 spiro atoms. The van der Waals surface area contributed by atoms with Crippen LogP contribution in [0.2, 0.25) is 0 Å². The number of benzene rings is 1. The highest BCUT2D eigenvalue weighted by Gasteiger charge is 2.09. The quantitative estimate of drug-likeness (QED) is 0.792. The summed E-state index contributed by atoms with van der Waals surface area (Å²) in [7, 11) is 0. The van der Waals surface area contributed by atoms with Crippen LogP contribution in [-0.2, 0) is 0 Å². The number of aryl methyl sites for hydroxylation is 1. The zero-order chi connectivity index (χ0) is 12.7. The highest BCUT2D eigenvalue weighted by molar-refractivity contribution is 9.10. The number of amides is 1. The number of halogens is 1. The third kappa shape index (κ3) is 4.48. The number of rotatable bonds is 6. The van der Waals surface area contributed by atoms with Crippen LogP contribution in [-0.4, -0.2) is 25.5 Å². The monoisotopic (exact) mass is 298 g/mol. The van der Waals surface area contributed by atoms with Gasteiger partial charge in [-0.05, 0) is 54.0 Å². The van der Waals surface area contributed by atoms with Gasteiger partial charge >= 0.3 is 0 Å². The molecule has 0 radical (unpaired) electrons. The molecular weight excluding hydrogens is 280 g/mol. The average Bonchev–Trinajstić information content (AvgIpc) is 2.32. The Morgan fingerprint density at radius 1 is 1.35 bits per heavy atom. The van der Waals surface area contributed by atoms with Gasteiger partial charge in [-0.1, -0.05) is 19.1 Å². The molecule has 0 aliphatic heterocycles. The van der Waals surface area contributed by atoms with Crippen LogP contribution in [0.15, 0.2) is 22.7 Å². The van der Waals surface area contributed by atoms with E-state index in [-0.39, 0.29) is 5.91 Å². The zero-order valence-corrected chi connectivity index (χ0v) is 11.9. The molecule has 94 valence electrons. The third-order valence-corrected chi connectivity index (χ3v) is 3.55. The Bertz CT molecular complexity index is 380. The number of carbonyl (C=O) groups excluding carboxylic acids is 1. The van der Waals surface area contributed by atoms with Crippen molar-refractivity contribution in [1.82, 2.24) is 10.6 Å². The van der Waals surface area contributed by atoms with E-state index >= 15 is 0 Å². The fraction of sp³-hybridized carbons (Fsp3) is 0.462. The summed E-state index contributed by atoms with van der Waals surface area (Å²) >= 11 is 3.44. The molecule has 2 N–H and O–H groups in total. The predicted molar refractivity (Wildman–Crippen MR) is 74.4 cm³/mol. The highest BCUT2D eigenvalue weighted by atomic mass is 79.9. The summed E-state index contributed by atoms with van der Waals surface area (Å²) in [6.07, 6.45) is 0.947. The summed E-state index contributed by atoms with van der Waals surface area (Å²) < 4.78 is 0.879. The van der Waals surface area contributed by atoms with E-state index in [4.69, 9.17) is 0 Å². The second-order valence-corrected chi connectivity index (χ2v) is 4.69. The normalized spacial score (nSPS) is 10.3. The predicted octanol–water partition coefficient (Wildman–Crippen LogP) is 2.49. The Hall–Kier alpha value is -0.870. The lowest BCUT2D eigenvalue weighted by molar-refractivity contribution is 0.0952. The van der Waals surface area contributed by atoms with E-state index in [1.165, 1.54) is 0 Å². The van der Waals surface area contributed by atoms with Gasteiger partial charge in [-0.3, -0.25) is 4.79 Å². The van der Waals surface area contributed by atoms with E-state index in [0.29, 0.717) is 12.1 Å². The first-order valence-electron chi connectivity index (χ1n) is 5.90. The first-order chi connectivity index (χ1) is 8.16. The van der Waals surface area contributed by atoms with Gasteiger partial charge in [0, 0.05) is 11.0 Å². The van der Waals surface area contributed by atoms with Gasteiger partial charge in [-0.25, -0.2) is 0 Å². The molecule has 0 aliphatic carbocycles. The lowest BCUT2D eigenvalue weighted by atomic mass is 10.1. The number of nitrogens with one attached hydrogen (secondary N) is 2. The van der Waals surface area contributed by atoms with Crippen LogP contribution in [0.3, 0.4) is 0 Å². The van der Waals surface area contributed by atoms with E-state index in [9.17, 15) is 4.79 Å². The van der Waals surface area contributed by atoms with Crippen LogP contribution in [0.25, 0.3) is 0 Å². The van der Waals surface area contributed by atoms with Crippen molar-refractivity contribution in [2.45, 2.75) is 20.3 Å². The molecule has 0 saturated carbocycles. The van der Waals surface area contributed by atoms with Crippen LogP contribution in [0.5, 0.6) is 0 Å². The molecule has 4 heteroatoms. The Labute approximate surface area is 111 Å². The molecule has 1 amide bonds. The summed E-state index contributed by atoms with van der Waals surface area (Å²) in [6, 6.07) is 5.70. The Balaban J connectivity index is 2.44. The molecule has 3 nitrogen and oxygen atoms in total. The van der Waals surface area contributed by atoms with Crippen LogP contribution >= 0.6 is 15.9 Å². The first kappa shape index (κ1) is 14.2. The Morgan fingerprint density at radius 2 is 2.12 bits per heavy atom. The molecular formula is C13H19BrN2O. The molecule has 0 aliphatic rings. The molecule has 0 bridgehead atoms. The minimum atomic E-state index is -0.0166. The van der Waals surface area contributed by atoms with E-state index in [0.717, 1.165) is 29.5 Å². The molecule has 0 unspecified atom stereocenters. The second-order valence-electron chi connectivity index (χ2n) is 3.90. The fourth-order valence-electron chi connectivity index (χ4n) is 1.51. The third-order valence-electron chi connectivity index (χ3n) is 2.50. The second kappa shape index (κ2) is 7.45. The standard InChI is InChI=1S/C13H19BrN2O/c1-3-15-8-5-9-16-13(17)11-7-4-6-10(2)12(11)14/h4,6-7,15H,3,5,8-9H2,1-2H3,(H,16,17). The van der Waals surface area contributed by atoms with Gasteiger partial charge in [-0.15, -0.1) is 0 Å². The lowest BCUT2D eigenvalue weighted by Crippen LogP contribution is -2.27. The summed E-state index contributed by atoms with van der Waals surface area (Å²) in [5, 5.41) is 6.14. The Morgan fingerprint density at radius 3 is 2.82 bits per heavy atom. The molecule has 0 heterocycles. The van der Waals surface area contributed by atoms with Gasteiger partial charge in [0.1, 0.15) is 0 Å². The molecule has 1 aromatic carbocycles. The maximum absolute atomic E-state index is 11.9. The van der Waals surface area contributed by atoms with Crippen LogP contribution in [0.4, 0.5) is 0 Å². The van der Waals surface area contributed by atoms with Gasteiger partial charge in [0.05, 0.1) is 5.56 Å². The maximum atomic E-state index is 11.9. The molecule has 0 fully saturated rings. The maximum Gasteiger partial charge on any atom is 0.252 e.